The van der Waals surface area contributed by atoms with E-state index in [-0.39, 0.29) is 5.60 Å². The lowest BCUT2D eigenvalue weighted by Gasteiger charge is -2.44. The third kappa shape index (κ3) is 2.29. The molecule has 84 valence electrons. The van der Waals surface area contributed by atoms with E-state index in [0.717, 1.165) is 18.9 Å². The molecular weight excluding hydrogens is 174 g/mol. The first-order chi connectivity index (χ1) is 6.68. The van der Waals surface area contributed by atoms with Crippen LogP contribution in [-0.4, -0.2) is 25.3 Å². The molecule has 0 saturated heterocycles. The summed E-state index contributed by atoms with van der Waals surface area (Å²) in [4.78, 5) is 0. The highest BCUT2D eigenvalue weighted by Crippen LogP contribution is 2.36. The van der Waals surface area contributed by atoms with Gasteiger partial charge in [0.15, 0.2) is 0 Å². The lowest BCUT2D eigenvalue weighted by molar-refractivity contribution is -0.0763. The summed E-state index contributed by atoms with van der Waals surface area (Å²) in [5.41, 5.74) is 0.0224. The van der Waals surface area contributed by atoms with Gasteiger partial charge in [-0.15, -0.1) is 0 Å². The molecule has 1 fully saturated rings. The van der Waals surface area contributed by atoms with Crippen molar-refractivity contribution >= 4 is 0 Å². The molecule has 0 heterocycles. The van der Waals surface area contributed by atoms with Gasteiger partial charge in [0, 0.05) is 12.6 Å². The zero-order valence-corrected chi connectivity index (χ0v) is 10.1. The summed E-state index contributed by atoms with van der Waals surface area (Å²) in [6, 6.07) is 0.529. The fourth-order valence-corrected chi connectivity index (χ4v) is 2.55. The van der Waals surface area contributed by atoms with E-state index in [2.05, 4.69) is 33.1 Å². The highest BCUT2D eigenvalue weighted by Gasteiger charge is 2.39. The molecular formula is C12H25NO. The van der Waals surface area contributed by atoms with Crippen LogP contribution in [0.25, 0.3) is 0 Å². The van der Waals surface area contributed by atoms with Gasteiger partial charge in [0.25, 0.3) is 0 Å². The van der Waals surface area contributed by atoms with Gasteiger partial charge >= 0.3 is 0 Å². The Morgan fingerprint density at radius 1 is 1.43 bits per heavy atom. The van der Waals surface area contributed by atoms with E-state index in [0.29, 0.717) is 6.04 Å². The number of rotatable bonds is 6. The standard InChI is InChI=1S/C12H25NO/c1-5-12(3,14-6-2)11(13-4)10-8-7-9-10/h10-11,13H,5-9H2,1-4H3. The van der Waals surface area contributed by atoms with Crippen molar-refractivity contribution in [3.05, 3.63) is 0 Å². The van der Waals surface area contributed by atoms with Crippen molar-refractivity contribution in [1.29, 1.82) is 0 Å². The van der Waals surface area contributed by atoms with Crippen LogP contribution in [0.1, 0.15) is 46.5 Å². The molecule has 2 nitrogen and oxygen atoms in total. The zero-order valence-electron chi connectivity index (χ0n) is 10.1. The van der Waals surface area contributed by atoms with Crippen LogP contribution < -0.4 is 5.32 Å². The highest BCUT2D eigenvalue weighted by molar-refractivity contribution is 4.95. The molecule has 0 aromatic heterocycles. The molecule has 0 aliphatic heterocycles. The van der Waals surface area contributed by atoms with Crippen LogP contribution in [-0.2, 0) is 4.74 Å². The molecule has 14 heavy (non-hydrogen) atoms. The fourth-order valence-electron chi connectivity index (χ4n) is 2.55. The average Bonchev–Trinajstić information content (AvgIpc) is 2.11. The largest absolute Gasteiger partial charge is 0.374 e. The summed E-state index contributed by atoms with van der Waals surface area (Å²) < 4.78 is 5.93. The summed E-state index contributed by atoms with van der Waals surface area (Å²) in [6.45, 7) is 7.37. The van der Waals surface area contributed by atoms with Gasteiger partial charge in [-0.05, 0) is 46.1 Å². The highest BCUT2D eigenvalue weighted by atomic mass is 16.5. The fraction of sp³-hybridized carbons (Fsp3) is 1.00. The van der Waals surface area contributed by atoms with Gasteiger partial charge in [0.05, 0.1) is 5.60 Å². The lowest BCUT2D eigenvalue weighted by atomic mass is 9.72. The number of likely N-dealkylation sites (N-methyl/N-ethyl adjacent to an activating group) is 1. The Labute approximate surface area is 88.4 Å². The van der Waals surface area contributed by atoms with Crippen molar-refractivity contribution in [3.63, 3.8) is 0 Å². The summed E-state index contributed by atoms with van der Waals surface area (Å²) in [5, 5.41) is 3.46. The van der Waals surface area contributed by atoms with Crippen molar-refractivity contribution < 1.29 is 4.74 Å². The second-order valence-electron chi connectivity index (χ2n) is 4.56. The van der Waals surface area contributed by atoms with Gasteiger partial charge in [0.1, 0.15) is 0 Å². The first-order valence-corrected chi connectivity index (χ1v) is 5.99. The number of nitrogens with one attached hydrogen (secondary N) is 1. The Balaban J connectivity index is 2.61. The van der Waals surface area contributed by atoms with Crippen LogP contribution in [0.15, 0.2) is 0 Å². The molecule has 1 N–H and O–H groups in total. The minimum Gasteiger partial charge on any atom is -0.374 e. The molecule has 0 radical (unpaired) electrons. The predicted molar refractivity (Wildman–Crippen MR) is 60.5 cm³/mol. The molecule has 0 aromatic rings. The molecule has 2 unspecified atom stereocenters. The minimum atomic E-state index is 0.0224. The molecule has 0 spiro atoms. The van der Waals surface area contributed by atoms with E-state index >= 15 is 0 Å². The maximum Gasteiger partial charge on any atom is 0.0806 e. The van der Waals surface area contributed by atoms with Crippen molar-refractivity contribution in [1.82, 2.24) is 5.32 Å². The Hall–Kier alpha value is -0.0800. The van der Waals surface area contributed by atoms with Crippen LogP contribution in [0.5, 0.6) is 0 Å². The van der Waals surface area contributed by atoms with E-state index in [1.165, 1.54) is 19.3 Å². The van der Waals surface area contributed by atoms with Gasteiger partial charge < -0.3 is 10.1 Å². The van der Waals surface area contributed by atoms with E-state index in [1.54, 1.807) is 0 Å². The average molecular weight is 199 g/mol. The normalized spacial score (nSPS) is 24.0. The van der Waals surface area contributed by atoms with Gasteiger partial charge in [-0.1, -0.05) is 13.3 Å². The third-order valence-electron chi connectivity index (χ3n) is 3.77. The molecule has 2 heteroatoms. The Morgan fingerprint density at radius 2 is 2.07 bits per heavy atom. The first kappa shape index (κ1) is 12.0. The Kier molecular flexibility index (Phi) is 4.39. The molecule has 2 atom stereocenters. The Bertz CT molecular complexity index is 168. The Morgan fingerprint density at radius 3 is 2.36 bits per heavy atom. The summed E-state index contributed by atoms with van der Waals surface area (Å²) in [6.07, 6.45) is 5.22. The summed E-state index contributed by atoms with van der Waals surface area (Å²) in [5.74, 6) is 0.830. The maximum atomic E-state index is 5.93. The van der Waals surface area contributed by atoms with Crippen molar-refractivity contribution in [3.8, 4) is 0 Å². The van der Waals surface area contributed by atoms with Crippen molar-refractivity contribution in [2.75, 3.05) is 13.7 Å². The van der Waals surface area contributed by atoms with Crippen LogP contribution in [0.4, 0.5) is 0 Å². The topological polar surface area (TPSA) is 21.3 Å². The van der Waals surface area contributed by atoms with Gasteiger partial charge in [-0.2, -0.15) is 0 Å². The first-order valence-electron chi connectivity index (χ1n) is 5.99. The van der Waals surface area contributed by atoms with E-state index in [9.17, 15) is 0 Å². The van der Waals surface area contributed by atoms with Crippen LogP contribution in [0.3, 0.4) is 0 Å². The molecule has 1 aliphatic carbocycles. The maximum absolute atomic E-state index is 5.93. The second-order valence-corrected chi connectivity index (χ2v) is 4.56. The van der Waals surface area contributed by atoms with Gasteiger partial charge in [-0.25, -0.2) is 0 Å². The second kappa shape index (κ2) is 5.13. The molecule has 0 bridgehead atoms. The van der Waals surface area contributed by atoms with Crippen molar-refractivity contribution in [2.24, 2.45) is 5.92 Å². The van der Waals surface area contributed by atoms with Crippen molar-refractivity contribution in [2.45, 2.75) is 58.1 Å². The van der Waals surface area contributed by atoms with Crippen LogP contribution in [0, 0.1) is 5.92 Å². The third-order valence-corrected chi connectivity index (χ3v) is 3.77. The van der Waals surface area contributed by atoms with Crippen LogP contribution in [0.2, 0.25) is 0 Å². The predicted octanol–water partition coefficient (Wildman–Crippen LogP) is 2.58. The smallest absolute Gasteiger partial charge is 0.0806 e. The SMILES string of the molecule is CCOC(C)(CC)C(NC)C1CCC1. The van der Waals surface area contributed by atoms with Gasteiger partial charge in [0.2, 0.25) is 0 Å². The zero-order chi connectivity index (χ0) is 10.6. The van der Waals surface area contributed by atoms with Crippen LogP contribution >= 0.6 is 0 Å². The minimum absolute atomic E-state index is 0.0224. The summed E-state index contributed by atoms with van der Waals surface area (Å²) in [7, 11) is 2.07. The van der Waals surface area contributed by atoms with E-state index < -0.39 is 0 Å². The lowest BCUT2D eigenvalue weighted by Crippen LogP contribution is -2.54. The monoisotopic (exact) mass is 199 g/mol. The molecule has 1 rings (SSSR count). The number of ether oxygens (including phenoxy) is 1. The molecule has 0 aromatic carbocycles. The molecule has 0 amide bonds. The quantitative estimate of drug-likeness (QED) is 0.710. The number of hydrogen-bond donors (Lipinski definition) is 1. The molecule has 1 saturated carbocycles. The van der Waals surface area contributed by atoms with Gasteiger partial charge in [-0.3, -0.25) is 0 Å². The summed E-state index contributed by atoms with van der Waals surface area (Å²) >= 11 is 0. The van der Waals surface area contributed by atoms with E-state index in [4.69, 9.17) is 4.74 Å². The number of hydrogen-bond acceptors (Lipinski definition) is 2. The molecule has 1 aliphatic rings. The van der Waals surface area contributed by atoms with E-state index in [1.807, 2.05) is 0 Å².